The highest BCUT2D eigenvalue weighted by Crippen LogP contribution is 2.53. The molecule has 2 nitrogen and oxygen atoms in total. The van der Waals surface area contributed by atoms with Crippen LogP contribution in [0.15, 0.2) is 0 Å². The van der Waals surface area contributed by atoms with Crippen molar-refractivity contribution in [2.24, 2.45) is 17.1 Å². The second kappa shape index (κ2) is 3.49. The van der Waals surface area contributed by atoms with Crippen molar-refractivity contribution >= 4 is 0 Å². The van der Waals surface area contributed by atoms with E-state index < -0.39 is 5.60 Å². The number of nitrogens with two attached hydrogens (primary N) is 1. The predicted octanol–water partition coefficient (Wildman–Crippen LogP) is 2.06. The maximum absolute atomic E-state index is 10.7. The third kappa shape index (κ3) is 1.31. The number of hydrogen-bond acceptors (Lipinski definition) is 2. The van der Waals surface area contributed by atoms with Crippen LogP contribution in [-0.2, 0) is 0 Å². The third-order valence-electron chi connectivity index (χ3n) is 4.93. The first-order valence-electron chi connectivity index (χ1n) is 6.05. The second-order valence-corrected chi connectivity index (χ2v) is 5.47. The predicted molar refractivity (Wildman–Crippen MR) is 57.9 cm³/mol. The molecule has 2 fully saturated rings. The van der Waals surface area contributed by atoms with Crippen LogP contribution in [0.4, 0.5) is 0 Å². The first-order valence-corrected chi connectivity index (χ1v) is 6.05. The molecule has 82 valence electrons. The van der Waals surface area contributed by atoms with Gasteiger partial charge in [-0.15, -0.1) is 0 Å². The average molecular weight is 197 g/mol. The van der Waals surface area contributed by atoms with E-state index in [2.05, 4.69) is 0 Å². The molecule has 2 heteroatoms. The summed E-state index contributed by atoms with van der Waals surface area (Å²) in [4.78, 5) is 0. The highest BCUT2D eigenvalue weighted by atomic mass is 16.3. The first kappa shape index (κ1) is 10.4. The molecule has 0 bridgehead atoms. The van der Waals surface area contributed by atoms with Gasteiger partial charge in [0.15, 0.2) is 0 Å². The summed E-state index contributed by atoms with van der Waals surface area (Å²) in [6.07, 6.45) is 8.46. The van der Waals surface area contributed by atoms with Crippen molar-refractivity contribution in [1.29, 1.82) is 0 Å². The molecule has 1 unspecified atom stereocenters. The van der Waals surface area contributed by atoms with Crippen molar-refractivity contribution in [3.8, 4) is 0 Å². The molecule has 0 aromatic carbocycles. The minimum Gasteiger partial charge on any atom is -0.389 e. The van der Waals surface area contributed by atoms with Crippen LogP contribution >= 0.6 is 0 Å². The van der Waals surface area contributed by atoms with E-state index in [1.165, 1.54) is 32.1 Å². The zero-order valence-corrected chi connectivity index (χ0v) is 9.26. The van der Waals surface area contributed by atoms with Crippen LogP contribution in [-0.4, -0.2) is 17.3 Å². The summed E-state index contributed by atoms with van der Waals surface area (Å²) < 4.78 is 0. The van der Waals surface area contributed by atoms with Gasteiger partial charge in [0.1, 0.15) is 0 Å². The fourth-order valence-corrected chi connectivity index (χ4v) is 3.37. The maximum Gasteiger partial charge on any atom is 0.0715 e. The third-order valence-corrected chi connectivity index (χ3v) is 4.93. The molecule has 0 aromatic rings. The highest BCUT2D eigenvalue weighted by molar-refractivity contribution is 5.04. The highest BCUT2D eigenvalue weighted by Gasteiger charge is 2.52. The monoisotopic (exact) mass is 197 g/mol. The summed E-state index contributed by atoms with van der Waals surface area (Å²) in [7, 11) is 0. The molecule has 0 aliphatic heterocycles. The van der Waals surface area contributed by atoms with E-state index >= 15 is 0 Å². The minimum absolute atomic E-state index is 0.0398. The molecule has 0 spiro atoms. The van der Waals surface area contributed by atoms with Crippen LogP contribution in [0.5, 0.6) is 0 Å². The summed E-state index contributed by atoms with van der Waals surface area (Å²) >= 11 is 0. The minimum atomic E-state index is -0.503. The van der Waals surface area contributed by atoms with Crippen molar-refractivity contribution in [1.82, 2.24) is 0 Å². The van der Waals surface area contributed by atoms with Gasteiger partial charge in [-0.25, -0.2) is 0 Å². The Morgan fingerprint density at radius 1 is 1.29 bits per heavy atom. The van der Waals surface area contributed by atoms with Gasteiger partial charge in [0, 0.05) is 12.0 Å². The zero-order valence-electron chi connectivity index (χ0n) is 9.26. The Morgan fingerprint density at radius 2 is 1.86 bits per heavy atom. The Kier molecular flexibility index (Phi) is 2.61. The maximum atomic E-state index is 10.7. The molecule has 14 heavy (non-hydrogen) atoms. The van der Waals surface area contributed by atoms with Gasteiger partial charge in [-0.3, -0.25) is 0 Å². The van der Waals surface area contributed by atoms with Crippen LogP contribution in [0.3, 0.4) is 0 Å². The van der Waals surface area contributed by atoms with Crippen molar-refractivity contribution in [2.45, 2.75) is 57.5 Å². The normalized spacial score (nSPS) is 31.1. The van der Waals surface area contributed by atoms with Crippen molar-refractivity contribution in [3.05, 3.63) is 0 Å². The van der Waals surface area contributed by atoms with Gasteiger partial charge < -0.3 is 10.8 Å². The average Bonchev–Trinajstić information content (AvgIpc) is 2.48. The lowest BCUT2D eigenvalue weighted by atomic mass is 9.60. The van der Waals surface area contributed by atoms with E-state index in [0.29, 0.717) is 12.5 Å². The fourth-order valence-electron chi connectivity index (χ4n) is 3.37. The van der Waals surface area contributed by atoms with E-state index in [0.717, 1.165) is 12.8 Å². The molecule has 0 heterocycles. The number of rotatable bonds is 3. The molecule has 2 saturated carbocycles. The van der Waals surface area contributed by atoms with E-state index in [1.54, 1.807) is 0 Å². The Bertz CT molecular complexity index is 202. The lowest BCUT2D eigenvalue weighted by molar-refractivity contribution is -0.129. The summed E-state index contributed by atoms with van der Waals surface area (Å²) in [5.74, 6) is 0.518. The van der Waals surface area contributed by atoms with Gasteiger partial charge >= 0.3 is 0 Å². The Balaban J connectivity index is 2.15. The molecule has 0 radical (unpaired) electrons. The summed E-state index contributed by atoms with van der Waals surface area (Å²) in [5, 5.41) is 10.7. The molecule has 0 saturated heterocycles. The first-order chi connectivity index (χ1) is 6.62. The van der Waals surface area contributed by atoms with Crippen LogP contribution in [0, 0.1) is 11.3 Å². The quantitative estimate of drug-likeness (QED) is 0.727. The van der Waals surface area contributed by atoms with Gasteiger partial charge in [-0.1, -0.05) is 19.3 Å². The SMILES string of the molecule is CC(O)(C1CCC1)C1(CN)CCCC1. The fraction of sp³-hybridized carbons (Fsp3) is 1.00. The Morgan fingerprint density at radius 3 is 2.21 bits per heavy atom. The molecule has 2 aliphatic rings. The van der Waals surface area contributed by atoms with Gasteiger partial charge in [0.05, 0.1) is 5.60 Å². The van der Waals surface area contributed by atoms with Crippen LogP contribution in [0.25, 0.3) is 0 Å². The lowest BCUT2D eigenvalue weighted by Gasteiger charge is -2.50. The lowest BCUT2D eigenvalue weighted by Crippen LogP contribution is -2.55. The topological polar surface area (TPSA) is 46.2 Å². The van der Waals surface area contributed by atoms with Crippen LogP contribution < -0.4 is 5.73 Å². The van der Waals surface area contributed by atoms with Crippen molar-refractivity contribution in [2.75, 3.05) is 6.54 Å². The van der Waals surface area contributed by atoms with Gasteiger partial charge in [-0.05, 0) is 38.5 Å². The summed E-state index contributed by atoms with van der Waals surface area (Å²) in [6, 6.07) is 0. The van der Waals surface area contributed by atoms with E-state index in [-0.39, 0.29) is 5.41 Å². The smallest absolute Gasteiger partial charge is 0.0715 e. The van der Waals surface area contributed by atoms with E-state index in [4.69, 9.17) is 5.73 Å². The van der Waals surface area contributed by atoms with Gasteiger partial charge in [-0.2, -0.15) is 0 Å². The molecule has 2 aliphatic carbocycles. The van der Waals surface area contributed by atoms with Crippen molar-refractivity contribution < 1.29 is 5.11 Å². The number of aliphatic hydroxyl groups is 1. The Labute approximate surface area is 86.9 Å². The van der Waals surface area contributed by atoms with E-state index in [9.17, 15) is 5.11 Å². The largest absolute Gasteiger partial charge is 0.389 e. The molecule has 0 amide bonds. The van der Waals surface area contributed by atoms with Gasteiger partial charge in [0.25, 0.3) is 0 Å². The summed E-state index contributed by atoms with van der Waals surface area (Å²) in [5.41, 5.74) is 5.45. The zero-order chi connectivity index (χ0) is 10.2. The molecule has 2 rings (SSSR count). The molecule has 1 atom stereocenters. The van der Waals surface area contributed by atoms with Gasteiger partial charge in [0.2, 0.25) is 0 Å². The Hall–Kier alpha value is -0.0800. The second-order valence-electron chi connectivity index (χ2n) is 5.47. The standard InChI is InChI=1S/C12H23NO/c1-11(14,10-5-4-6-10)12(9-13)7-2-3-8-12/h10,14H,2-9,13H2,1H3. The number of hydrogen-bond donors (Lipinski definition) is 2. The molecular weight excluding hydrogens is 174 g/mol. The molecule has 0 aromatic heterocycles. The van der Waals surface area contributed by atoms with Crippen molar-refractivity contribution in [3.63, 3.8) is 0 Å². The van der Waals surface area contributed by atoms with Crippen LogP contribution in [0.1, 0.15) is 51.9 Å². The van der Waals surface area contributed by atoms with E-state index in [1.807, 2.05) is 6.92 Å². The van der Waals surface area contributed by atoms with Crippen LogP contribution in [0.2, 0.25) is 0 Å². The molecular formula is C12H23NO. The summed E-state index contributed by atoms with van der Waals surface area (Å²) in [6.45, 7) is 2.70. The molecule has 3 N–H and O–H groups in total.